The highest BCUT2D eigenvalue weighted by Gasteiger charge is 2.18. The Balaban J connectivity index is 1.79. The number of nitrogens with zero attached hydrogens (tertiary/aromatic N) is 1. The van der Waals surface area contributed by atoms with E-state index in [2.05, 4.69) is 73.5 Å². The van der Waals surface area contributed by atoms with E-state index in [0.29, 0.717) is 13.2 Å². The van der Waals surface area contributed by atoms with Crippen LogP contribution in [0.5, 0.6) is 0 Å². The minimum Gasteiger partial charge on any atom is -0.371 e. The van der Waals surface area contributed by atoms with Gasteiger partial charge in [0.15, 0.2) is 0 Å². The third-order valence-corrected chi connectivity index (χ3v) is 4.91. The van der Waals surface area contributed by atoms with Crippen LogP contribution in [0.2, 0.25) is 0 Å². The fraction of sp³-hybridized carbons (Fsp3) is 0.231. The van der Waals surface area contributed by atoms with Crippen molar-refractivity contribution in [3.05, 3.63) is 108 Å². The minimum atomic E-state index is 0.474. The molecular formula is C26H29NO. The summed E-state index contributed by atoms with van der Waals surface area (Å²) in [6.07, 6.45) is 6.73. The molecule has 0 saturated carbocycles. The van der Waals surface area contributed by atoms with E-state index < -0.39 is 0 Å². The fourth-order valence-electron chi connectivity index (χ4n) is 3.37. The van der Waals surface area contributed by atoms with E-state index in [1.807, 2.05) is 25.1 Å². The molecule has 2 aromatic carbocycles. The van der Waals surface area contributed by atoms with Gasteiger partial charge < -0.3 is 9.64 Å². The maximum absolute atomic E-state index is 5.97. The Kier molecular flexibility index (Phi) is 6.67. The second-order valence-electron chi connectivity index (χ2n) is 7.26. The SMILES string of the molecule is C=C(C)c1ccc(N(C(=C)COCc2ccccc2)C2=CCCC=C2C)cc1. The van der Waals surface area contributed by atoms with Crippen LogP contribution in [0.1, 0.15) is 37.8 Å². The summed E-state index contributed by atoms with van der Waals surface area (Å²) in [4.78, 5) is 2.22. The molecule has 0 N–H and O–H groups in total. The molecule has 0 saturated heterocycles. The normalized spacial score (nSPS) is 13.5. The lowest BCUT2D eigenvalue weighted by molar-refractivity contribution is 0.141. The van der Waals surface area contributed by atoms with E-state index in [4.69, 9.17) is 4.74 Å². The maximum Gasteiger partial charge on any atom is 0.0870 e. The molecule has 2 aromatic rings. The first-order valence-corrected chi connectivity index (χ1v) is 9.79. The summed E-state index contributed by atoms with van der Waals surface area (Å²) in [6, 6.07) is 18.7. The van der Waals surface area contributed by atoms with Crippen molar-refractivity contribution < 1.29 is 4.74 Å². The van der Waals surface area contributed by atoms with Gasteiger partial charge in [-0.3, -0.25) is 0 Å². The molecule has 28 heavy (non-hydrogen) atoms. The van der Waals surface area contributed by atoms with Gasteiger partial charge in [0.1, 0.15) is 0 Å². The molecular weight excluding hydrogens is 342 g/mol. The predicted octanol–water partition coefficient (Wildman–Crippen LogP) is 6.88. The number of anilines is 1. The topological polar surface area (TPSA) is 12.5 Å². The molecule has 2 heteroatoms. The second kappa shape index (κ2) is 9.38. The van der Waals surface area contributed by atoms with Crippen molar-refractivity contribution in [2.45, 2.75) is 33.3 Å². The second-order valence-corrected chi connectivity index (χ2v) is 7.26. The lowest BCUT2D eigenvalue weighted by atomic mass is 10.0. The van der Waals surface area contributed by atoms with Crippen LogP contribution in [-0.2, 0) is 11.3 Å². The van der Waals surface area contributed by atoms with Gasteiger partial charge in [0.2, 0.25) is 0 Å². The Bertz CT molecular complexity index is 888. The van der Waals surface area contributed by atoms with Crippen LogP contribution in [0.4, 0.5) is 5.69 Å². The van der Waals surface area contributed by atoms with E-state index >= 15 is 0 Å². The molecule has 1 aliphatic carbocycles. The van der Waals surface area contributed by atoms with Gasteiger partial charge >= 0.3 is 0 Å². The molecule has 0 amide bonds. The first-order chi connectivity index (χ1) is 13.6. The van der Waals surface area contributed by atoms with E-state index in [-0.39, 0.29) is 0 Å². The molecule has 0 radical (unpaired) electrons. The number of rotatable bonds is 8. The van der Waals surface area contributed by atoms with Gasteiger partial charge in [-0.1, -0.05) is 73.3 Å². The smallest absolute Gasteiger partial charge is 0.0870 e. The molecule has 0 atom stereocenters. The summed E-state index contributed by atoms with van der Waals surface area (Å²) >= 11 is 0. The molecule has 0 spiro atoms. The highest BCUT2D eigenvalue weighted by molar-refractivity contribution is 5.67. The van der Waals surface area contributed by atoms with Gasteiger partial charge in [0.05, 0.1) is 13.2 Å². The Morgan fingerprint density at radius 3 is 2.29 bits per heavy atom. The summed E-state index contributed by atoms with van der Waals surface area (Å²) in [6.45, 7) is 13.6. The van der Waals surface area contributed by atoms with Crippen molar-refractivity contribution in [1.29, 1.82) is 0 Å². The summed E-state index contributed by atoms with van der Waals surface area (Å²) in [5.41, 5.74) is 7.89. The molecule has 0 fully saturated rings. The molecule has 0 aromatic heterocycles. The van der Waals surface area contributed by atoms with E-state index in [1.165, 1.54) is 16.8 Å². The van der Waals surface area contributed by atoms with Crippen LogP contribution < -0.4 is 4.90 Å². The Hall–Kier alpha value is -2.84. The molecule has 144 valence electrons. The van der Waals surface area contributed by atoms with Crippen LogP contribution in [0.3, 0.4) is 0 Å². The standard InChI is InChI=1S/C26H29NO/c1-20(2)24-14-16-25(17-15-24)27(26-13-9-8-10-21(26)3)22(4)18-28-19-23-11-6-5-7-12-23/h5-7,10-17H,1,4,8-9,18-19H2,2-3H3. The zero-order valence-electron chi connectivity index (χ0n) is 16.9. The van der Waals surface area contributed by atoms with Crippen molar-refractivity contribution in [2.75, 3.05) is 11.5 Å². The van der Waals surface area contributed by atoms with Gasteiger partial charge in [0.25, 0.3) is 0 Å². The Morgan fingerprint density at radius 2 is 1.64 bits per heavy atom. The van der Waals surface area contributed by atoms with Crippen molar-refractivity contribution in [3.8, 4) is 0 Å². The number of benzene rings is 2. The van der Waals surface area contributed by atoms with E-state index in [0.717, 1.165) is 35.4 Å². The van der Waals surface area contributed by atoms with Crippen molar-refractivity contribution in [1.82, 2.24) is 0 Å². The van der Waals surface area contributed by atoms with Crippen LogP contribution in [0.15, 0.2) is 96.9 Å². The largest absolute Gasteiger partial charge is 0.371 e. The minimum absolute atomic E-state index is 0.474. The average molecular weight is 372 g/mol. The molecule has 1 aliphatic rings. The molecule has 3 rings (SSSR count). The van der Waals surface area contributed by atoms with Crippen molar-refractivity contribution >= 4 is 11.3 Å². The third kappa shape index (κ3) is 4.90. The van der Waals surface area contributed by atoms with E-state index in [1.54, 1.807) is 0 Å². The van der Waals surface area contributed by atoms with Crippen LogP contribution in [0.25, 0.3) is 5.57 Å². The summed E-state index contributed by atoms with van der Waals surface area (Å²) < 4.78 is 5.97. The molecule has 0 aliphatic heterocycles. The Morgan fingerprint density at radius 1 is 0.964 bits per heavy atom. The first-order valence-electron chi connectivity index (χ1n) is 9.79. The lowest BCUT2D eigenvalue weighted by Gasteiger charge is -2.31. The highest BCUT2D eigenvalue weighted by Crippen LogP contribution is 2.31. The van der Waals surface area contributed by atoms with E-state index in [9.17, 15) is 0 Å². The number of allylic oxidation sites excluding steroid dienone is 4. The quantitative estimate of drug-likeness (QED) is 0.501. The van der Waals surface area contributed by atoms with Crippen LogP contribution >= 0.6 is 0 Å². The van der Waals surface area contributed by atoms with Gasteiger partial charge in [-0.15, -0.1) is 0 Å². The summed E-state index contributed by atoms with van der Waals surface area (Å²) in [5, 5.41) is 0. The maximum atomic E-state index is 5.97. The zero-order chi connectivity index (χ0) is 19.9. The lowest BCUT2D eigenvalue weighted by Crippen LogP contribution is -2.25. The van der Waals surface area contributed by atoms with Crippen LogP contribution in [-0.4, -0.2) is 6.61 Å². The van der Waals surface area contributed by atoms with Crippen molar-refractivity contribution in [2.24, 2.45) is 0 Å². The Labute approximate surface area is 169 Å². The third-order valence-electron chi connectivity index (χ3n) is 4.91. The van der Waals surface area contributed by atoms with Crippen LogP contribution in [0, 0.1) is 0 Å². The van der Waals surface area contributed by atoms with Gasteiger partial charge in [-0.2, -0.15) is 0 Å². The average Bonchev–Trinajstić information content (AvgIpc) is 2.71. The molecule has 0 heterocycles. The molecule has 2 nitrogen and oxygen atoms in total. The first kappa shape index (κ1) is 19.9. The zero-order valence-corrected chi connectivity index (χ0v) is 16.9. The molecule has 0 bridgehead atoms. The van der Waals surface area contributed by atoms with Gasteiger partial charge in [0, 0.05) is 17.1 Å². The van der Waals surface area contributed by atoms with Crippen molar-refractivity contribution in [3.63, 3.8) is 0 Å². The number of hydrogen-bond acceptors (Lipinski definition) is 2. The van der Waals surface area contributed by atoms with Gasteiger partial charge in [-0.05, 0) is 55.5 Å². The number of hydrogen-bond donors (Lipinski definition) is 0. The molecule has 0 unspecified atom stereocenters. The highest BCUT2D eigenvalue weighted by atomic mass is 16.5. The van der Waals surface area contributed by atoms with Gasteiger partial charge in [-0.25, -0.2) is 0 Å². The predicted molar refractivity (Wildman–Crippen MR) is 120 cm³/mol. The summed E-state index contributed by atoms with van der Waals surface area (Å²) in [5.74, 6) is 0. The number of ether oxygens (including phenoxy) is 1. The fourth-order valence-corrected chi connectivity index (χ4v) is 3.37. The monoisotopic (exact) mass is 371 g/mol. The summed E-state index contributed by atoms with van der Waals surface area (Å²) in [7, 11) is 0.